The van der Waals surface area contributed by atoms with Gasteiger partial charge < -0.3 is 5.11 Å². The van der Waals surface area contributed by atoms with E-state index >= 15 is 0 Å². The summed E-state index contributed by atoms with van der Waals surface area (Å²) in [5.74, 6) is 7.40. The fourth-order valence-corrected chi connectivity index (χ4v) is 7.43. The van der Waals surface area contributed by atoms with Crippen LogP contribution in [0.1, 0.15) is 55.6 Å². The molecule has 180 valence electrons. The lowest BCUT2D eigenvalue weighted by molar-refractivity contribution is -0.0553. The fourth-order valence-electron chi connectivity index (χ4n) is 5.91. The minimum Gasteiger partial charge on any atom is -0.395 e. The van der Waals surface area contributed by atoms with Crippen LogP contribution in [0.3, 0.4) is 0 Å². The monoisotopic (exact) mass is 478 g/mol. The Morgan fingerprint density at radius 1 is 0.912 bits per heavy atom. The Morgan fingerprint density at radius 2 is 1.62 bits per heavy atom. The van der Waals surface area contributed by atoms with E-state index in [1.54, 1.807) is 28.6 Å². The lowest BCUT2D eigenvalue weighted by Gasteiger charge is -2.57. The fraction of sp³-hybridized carbons (Fsp3) is 0.500. The van der Waals surface area contributed by atoms with Gasteiger partial charge in [0, 0.05) is 42.6 Å². The Bertz CT molecular complexity index is 1130. The molecule has 2 aromatic rings. The second-order valence-corrected chi connectivity index (χ2v) is 11.8. The minimum absolute atomic E-state index is 0.0276. The molecule has 2 aliphatic heterocycles. The lowest BCUT2D eigenvalue weighted by Crippen LogP contribution is -2.67. The zero-order valence-electron chi connectivity index (χ0n) is 19.6. The molecule has 34 heavy (non-hydrogen) atoms. The number of benzene rings is 2. The normalized spacial score (nSPS) is 26.6. The molecule has 3 atom stereocenters. The zero-order chi connectivity index (χ0) is 23.5. The van der Waals surface area contributed by atoms with Crippen molar-refractivity contribution in [3.63, 3.8) is 0 Å². The second-order valence-electron chi connectivity index (χ2n) is 9.84. The molecule has 2 aromatic carbocycles. The van der Waals surface area contributed by atoms with Crippen molar-refractivity contribution >= 4 is 10.0 Å². The number of aliphatic hydroxyl groups excluding tert-OH is 1. The van der Waals surface area contributed by atoms with Crippen LogP contribution in [0.25, 0.3) is 0 Å². The van der Waals surface area contributed by atoms with Gasteiger partial charge in [0.25, 0.3) is 0 Å². The van der Waals surface area contributed by atoms with Crippen LogP contribution in [0, 0.1) is 17.8 Å². The summed E-state index contributed by atoms with van der Waals surface area (Å²) >= 11 is 0. The van der Waals surface area contributed by atoms with Crippen LogP contribution < -0.4 is 0 Å². The Labute approximate surface area is 203 Å². The van der Waals surface area contributed by atoms with Gasteiger partial charge in [0.2, 0.25) is 10.0 Å². The summed E-state index contributed by atoms with van der Waals surface area (Å²) < 4.78 is 28.4. The standard InChI is InChI=1S/C28H34N2O3S/c31-21-27-28(24-16-14-23(15-17-24)13-12-22-8-4-5-9-22)26-20-29(18-6-7-19-30(26)27)34(32,33)25-10-2-1-3-11-25/h1-3,10-11,14-17,22,26-28,31H,4-9,18-21H2/t26-,27+,28+/m1/s1. The van der Waals surface area contributed by atoms with Crippen LogP contribution >= 0.6 is 0 Å². The summed E-state index contributed by atoms with van der Waals surface area (Å²) in [5, 5.41) is 10.2. The van der Waals surface area contributed by atoms with Crippen LogP contribution in [0.2, 0.25) is 0 Å². The van der Waals surface area contributed by atoms with Gasteiger partial charge in [-0.3, -0.25) is 4.90 Å². The second kappa shape index (κ2) is 10.2. The zero-order valence-corrected chi connectivity index (χ0v) is 20.5. The minimum atomic E-state index is -3.55. The molecule has 6 heteroatoms. The first-order valence-electron chi connectivity index (χ1n) is 12.6. The van der Waals surface area contributed by atoms with Crippen LogP contribution in [0.5, 0.6) is 0 Å². The molecule has 2 saturated heterocycles. The van der Waals surface area contributed by atoms with Crippen LogP contribution in [0.15, 0.2) is 59.5 Å². The maximum Gasteiger partial charge on any atom is 0.243 e. The van der Waals surface area contributed by atoms with Crippen molar-refractivity contribution in [3.05, 3.63) is 65.7 Å². The molecule has 0 bridgehead atoms. The SMILES string of the molecule is O=S(=O)(c1ccccc1)N1CCCCN2[C@H](C1)[C@H](c1ccc(C#CC3CCCC3)cc1)[C@@H]2CO. The van der Waals surface area contributed by atoms with E-state index in [-0.39, 0.29) is 24.6 Å². The van der Waals surface area contributed by atoms with Crippen molar-refractivity contribution in [2.75, 3.05) is 26.2 Å². The van der Waals surface area contributed by atoms with Crippen molar-refractivity contribution in [3.8, 4) is 11.8 Å². The van der Waals surface area contributed by atoms with E-state index in [2.05, 4.69) is 41.0 Å². The number of rotatable bonds is 4. The van der Waals surface area contributed by atoms with Gasteiger partial charge in [0.1, 0.15) is 0 Å². The molecule has 0 unspecified atom stereocenters. The van der Waals surface area contributed by atoms with E-state index in [1.165, 1.54) is 25.7 Å². The smallest absolute Gasteiger partial charge is 0.243 e. The largest absolute Gasteiger partial charge is 0.395 e. The molecule has 1 saturated carbocycles. The molecule has 0 amide bonds. The number of nitrogens with zero attached hydrogens (tertiary/aromatic N) is 2. The summed E-state index contributed by atoms with van der Waals surface area (Å²) in [5.41, 5.74) is 2.18. The summed E-state index contributed by atoms with van der Waals surface area (Å²) in [6.45, 7) is 1.96. The Morgan fingerprint density at radius 3 is 2.32 bits per heavy atom. The first-order chi connectivity index (χ1) is 16.6. The highest BCUT2D eigenvalue weighted by atomic mass is 32.2. The molecular formula is C28H34N2O3S. The average Bonchev–Trinajstić information content (AvgIpc) is 3.37. The third-order valence-electron chi connectivity index (χ3n) is 7.78. The van der Waals surface area contributed by atoms with Gasteiger partial charge in [0.05, 0.1) is 11.5 Å². The maximum absolute atomic E-state index is 13.4. The first kappa shape index (κ1) is 23.6. The van der Waals surface area contributed by atoms with Gasteiger partial charge in [-0.05, 0) is 62.1 Å². The molecule has 1 aliphatic carbocycles. The molecule has 5 rings (SSSR count). The predicted octanol–water partition coefficient (Wildman–Crippen LogP) is 3.84. The predicted molar refractivity (Wildman–Crippen MR) is 134 cm³/mol. The highest BCUT2D eigenvalue weighted by Gasteiger charge is 2.50. The van der Waals surface area contributed by atoms with Crippen LogP contribution in [0.4, 0.5) is 0 Å². The number of fused-ring (bicyclic) bond motifs is 1. The Balaban J connectivity index is 1.37. The van der Waals surface area contributed by atoms with Crippen LogP contribution in [-0.4, -0.2) is 61.1 Å². The van der Waals surface area contributed by atoms with Gasteiger partial charge >= 0.3 is 0 Å². The number of hydrogen-bond donors (Lipinski definition) is 1. The first-order valence-corrected chi connectivity index (χ1v) is 14.1. The van der Waals surface area contributed by atoms with Crippen molar-refractivity contribution in [2.45, 2.75) is 61.4 Å². The Kier molecular flexibility index (Phi) is 7.08. The number of hydrogen-bond acceptors (Lipinski definition) is 4. The molecule has 0 aromatic heterocycles. The molecule has 0 radical (unpaired) electrons. The highest BCUT2D eigenvalue weighted by Crippen LogP contribution is 2.42. The number of sulfonamides is 1. The lowest BCUT2D eigenvalue weighted by atomic mass is 9.74. The summed E-state index contributed by atoms with van der Waals surface area (Å²) in [6, 6.07) is 17.2. The van der Waals surface area contributed by atoms with Gasteiger partial charge in [-0.2, -0.15) is 4.31 Å². The van der Waals surface area contributed by atoms with Gasteiger partial charge in [-0.15, -0.1) is 0 Å². The van der Waals surface area contributed by atoms with E-state index in [4.69, 9.17) is 0 Å². The molecule has 5 nitrogen and oxygen atoms in total. The van der Waals surface area contributed by atoms with E-state index in [1.807, 2.05) is 6.07 Å². The number of aliphatic hydroxyl groups is 1. The van der Waals surface area contributed by atoms with E-state index in [0.717, 1.165) is 30.5 Å². The van der Waals surface area contributed by atoms with Crippen molar-refractivity contribution in [1.29, 1.82) is 0 Å². The van der Waals surface area contributed by atoms with Crippen molar-refractivity contribution < 1.29 is 13.5 Å². The third-order valence-corrected chi connectivity index (χ3v) is 9.66. The van der Waals surface area contributed by atoms with Crippen molar-refractivity contribution in [1.82, 2.24) is 9.21 Å². The molecule has 0 spiro atoms. The third kappa shape index (κ3) is 4.67. The molecule has 2 heterocycles. The van der Waals surface area contributed by atoms with Gasteiger partial charge in [-0.25, -0.2) is 8.42 Å². The molecule has 3 fully saturated rings. The van der Waals surface area contributed by atoms with Crippen LogP contribution in [-0.2, 0) is 10.0 Å². The molecular weight excluding hydrogens is 444 g/mol. The maximum atomic E-state index is 13.4. The molecule has 3 aliphatic rings. The quantitative estimate of drug-likeness (QED) is 0.679. The Hall–Kier alpha value is -2.17. The van der Waals surface area contributed by atoms with E-state index < -0.39 is 10.0 Å². The van der Waals surface area contributed by atoms with Crippen molar-refractivity contribution in [2.24, 2.45) is 5.92 Å². The summed E-state index contributed by atoms with van der Waals surface area (Å²) in [4.78, 5) is 2.66. The van der Waals surface area contributed by atoms with E-state index in [9.17, 15) is 13.5 Å². The topological polar surface area (TPSA) is 60.9 Å². The highest BCUT2D eigenvalue weighted by molar-refractivity contribution is 7.89. The van der Waals surface area contributed by atoms with E-state index in [0.29, 0.717) is 23.9 Å². The average molecular weight is 479 g/mol. The molecule has 1 N–H and O–H groups in total. The van der Waals surface area contributed by atoms with Gasteiger partial charge in [0.15, 0.2) is 0 Å². The summed E-state index contributed by atoms with van der Waals surface area (Å²) in [7, 11) is -3.55. The van der Waals surface area contributed by atoms with Gasteiger partial charge in [-0.1, -0.05) is 55.0 Å². The summed E-state index contributed by atoms with van der Waals surface area (Å²) in [6.07, 6.45) is 6.76.